The van der Waals surface area contributed by atoms with Crippen LogP contribution >= 0.6 is 11.6 Å². The maximum atomic E-state index is 5.75. The lowest BCUT2D eigenvalue weighted by Crippen LogP contribution is -2.06. The lowest BCUT2D eigenvalue weighted by atomic mass is 10.1. The zero-order chi connectivity index (χ0) is 9.68. The van der Waals surface area contributed by atoms with Crippen LogP contribution in [0.25, 0.3) is 0 Å². The summed E-state index contributed by atoms with van der Waals surface area (Å²) in [6, 6.07) is 7.78. The van der Waals surface area contributed by atoms with Crippen LogP contribution < -0.4 is 5.73 Å². The Morgan fingerprint density at radius 1 is 1.38 bits per heavy atom. The molecule has 0 bridgehead atoms. The average molecular weight is 197 g/mol. The van der Waals surface area contributed by atoms with Crippen LogP contribution in [-0.4, -0.2) is 12.4 Å². The molecule has 0 fully saturated rings. The molecule has 0 unspecified atom stereocenters. The van der Waals surface area contributed by atoms with Crippen LogP contribution in [0.1, 0.15) is 12.5 Å². The van der Waals surface area contributed by atoms with Crippen LogP contribution in [-0.2, 0) is 6.42 Å². The normalized spacial score (nSPS) is 11.7. The number of hydrogen-bond acceptors (Lipinski definition) is 1. The largest absolute Gasteiger partial charge is 0.388 e. The van der Waals surface area contributed by atoms with Gasteiger partial charge in [-0.15, -0.1) is 0 Å². The fraction of sp³-hybridized carbons (Fsp3) is 0.300. The van der Waals surface area contributed by atoms with Crippen molar-refractivity contribution >= 4 is 17.4 Å². The standard InChI is InChI=1S/C10H13ClN2/c1-8(12)13-7-6-9-2-4-10(11)5-3-9/h2-5H,6-7H2,1H3,(H2,12,13). The third kappa shape index (κ3) is 3.95. The molecule has 1 rings (SSSR count). The topological polar surface area (TPSA) is 38.4 Å². The smallest absolute Gasteiger partial charge is 0.0905 e. The highest BCUT2D eigenvalue weighted by molar-refractivity contribution is 6.30. The van der Waals surface area contributed by atoms with E-state index >= 15 is 0 Å². The molecular formula is C10H13ClN2. The molecule has 70 valence electrons. The second-order valence-electron chi connectivity index (χ2n) is 2.90. The molecule has 1 aromatic rings. The molecule has 0 aromatic heterocycles. The first kappa shape index (κ1) is 10.1. The van der Waals surface area contributed by atoms with E-state index in [1.807, 2.05) is 24.3 Å². The van der Waals surface area contributed by atoms with Gasteiger partial charge in [0.15, 0.2) is 0 Å². The van der Waals surface area contributed by atoms with E-state index in [0.29, 0.717) is 5.84 Å². The van der Waals surface area contributed by atoms with Gasteiger partial charge in [0.1, 0.15) is 0 Å². The molecule has 1 aromatic carbocycles. The Labute approximate surface area is 83.4 Å². The third-order valence-corrected chi connectivity index (χ3v) is 1.93. The number of amidine groups is 1. The monoisotopic (exact) mass is 196 g/mol. The molecule has 0 saturated heterocycles. The van der Waals surface area contributed by atoms with Gasteiger partial charge in [-0.05, 0) is 31.0 Å². The van der Waals surface area contributed by atoms with Crippen LogP contribution in [0.2, 0.25) is 5.02 Å². The molecule has 2 N–H and O–H groups in total. The van der Waals surface area contributed by atoms with Gasteiger partial charge in [0.25, 0.3) is 0 Å². The van der Waals surface area contributed by atoms with Gasteiger partial charge in [-0.3, -0.25) is 4.99 Å². The summed E-state index contributed by atoms with van der Waals surface area (Å²) in [5.74, 6) is 0.633. The lowest BCUT2D eigenvalue weighted by Gasteiger charge is -1.98. The number of nitrogens with zero attached hydrogens (tertiary/aromatic N) is 1. The van der Waals surface area contributed by atoms with Crippen molar-refractivity contribution in [2.45, 2.75) is 13.3 Å². The second-order valence-corrected chi connectivity index (χ2v) is 3.34. The van der Waals surface area contributed by atoms with E-state index in [4.69, 9.17) is 17.3 Å². The highest BCUT2D eigenvalue weighted by Gasteiger charge is 1.91. The zero-order valence-electron chi connectivity index (χ0n) is 7.63. The molecule has 0 radical (unpaired) electrons. The van der Waals surface area contributed by atoms with E-state index in [9.17, 15) is 0 Å². The van der Waals surface area contributed by atoms with Gasteiger partial charge in [0, 0.05) is 11.6 Å². The van der Waals surface area contributed by atoms with Gasteiger partial charge >= 0.3 is 0 Å². The van der Waals surface area contributed by atoms with Crippen molar-refractivity contribution < 1.29 is 0 Å². The van der Waals surface area contributed by atoms with Crippen LogP contribution in [0.3, 0.4) is 0 Å². The van der Waals surface area contributed by atoms with E-state index < -0.39 is 0 Å². The van der Waals surface area contributed by atoms with Crippen molar-refractivity contribution in [1.29, 1.82) is 0 Å². The van der Waals surface area contributed by atoms with Crippen molar-refractivity contribution in [3.05, 3.63) is 34.9 Å². The number of halogens is 1. The molecule has 0 saturated carbocycles. The summed E-state index contributed by atoms with van der Waals surface area (Å²) >= 11 is 5.75. The van der Waals surface area contributed by atoms with Crippen LogP contribution in [0.15, 0.2) is 29.3 Å². The molecule has 0 aliphatic heterocycles. The summed E-state index contributed by atoms with van der Waals surface area (Å²) < 4.78 is 0. The van der Waals surface area contributed by atoms with Gasteiger partial charge in [0.2, 0.25) is 0 Å². The second kappa shape index (κ2) is 4.87. The van der Waals surface area contributed by atoms with Crippen molar-refractivity contribution in [2.24, 2.45) is 10.7 Å². The lowest BCUT2D eigenvalue weighted by molar-refractivity contribution is 0.964. The summed E-state index contributed by atoms with van der Waals surface area (Å²) in [7, 11) is 0. The van der Waals surface area contributed by atoms with E-state index in [-0.39, 0.29) is 0 Å². The first-order chi connectivity index (χ1) is 6.18. The number of rotatable bonds is 3. The highest BCUT2D eigenvalue weighted by Crippen LogP contribution is 2.09. The quantitative estimate of drug-likeness (QED) is 0.585. The molecule has 2 nitrogen and oxygen atoms in total. The van der Waals surface area contributed by atoms with E-state index in [0.717, 1.165) is 18.0 Å². The number of nitrogens with two attached hydrogens (primary N) is 1. The Hall–Kier alpha value is -1.02. The molecule has 0 amide bonds. The Morgan fingerprint density at radius 3 is 2.54 bits per heavy atom. The highest BCUT2D eigenvalue weighted by atomic mass is 35.5. The predicted molar refractivity (Wildman–Crippen MR) is 57.3 cm³/mol. The molecular weight excluding hydrogens is 184 g/mol. The first-order valence-electron chi connectivity index (χ1n) is 4.19. The maximum Gasteiger partial charge on any atom is 0.0905 e. The van der Waals surface area contributed by atoms with Gasteiger partial charge in [-0.2, -0.15) is 0 Å². The number of aliphatic imine (C=N–C) groups is 1. The minimum absolute atomic E-state index is 0.633. The Bertz CT molecular complexity index is 286. The summed E-state index contributed by atoms with van der Waals surface area (Å²) in [5.41, 5.74) is 6.64. The zero-order valence-corrected chi connectivity index (χ0v) is 8.38. The van der Waals surface area contributed by atoms with Crippen molar-refractivity contribution in [1.82, 2.24) is 0 Å². The molecule has 0 aliphatic carbocycles. The summed E-state index contributed by atoms with van der Waals surface area (Å²) in [4.78, 5) is 4.10. The molecule has 13 heavy (non-hydrogen) atoms. The predicted octanol–water partition coefficient (Wildman–Crippen LogP) is 2.26. The van der Waals surface area contributed by atoms with E-state index in [1.54, 1.807) is 6.92 Å². The third-order valence-electron chi connectivity index (χ3n) is 1.67. The fourth-order valence-corrected chi connectivity index (χ4v) is 1.14. The molecule has 0 heterocycles. The van der Waals surface area contributed by atoms with Crippen molar-refractivity contribution in [2.75, 3.05) is 6.54 Å². The first-order valence-corrected chi connectivity index (χ1v) is 4.57. The molecule has 0 spiro atoms. The van der Waals surface area contributed by atoms with Crippen molar-refractivity contribution in [3.8, 4) is 0 Å². The SMILES string of the molecule is CC(N)=NCCc1ccc(Cl)cc1. The molecule has 0 aliphatic rings. The Balaban J connectivity index is 2.46. The minimum atomic E-state index is 0.633. The average Bonchev–Trinajstić information content (AvgIpc) is 2.08. The van der Waals surface area contributed by atoms with Crippen LogP contribution in [0.5, 0.6) is 0 Å². The van der Waals surface area contributed by atoms with E-state index in [1.165, 1.54) is 5.56 Å². The van der Waals surface area contributed by atoms with Crippen molar-refractivity contribution in [3.63, 3.8) is 0 Å². The molecule has 0 atom stereocenters. The minimum Gasteiger partial charge on any atom is -0.388 e. The van der Waals surface area contributed by atoms with Gasteiger partial charge in [-0.25, -0.2) is 0 Å². The van der Waals surface area contributed by atoms with Crippen LogP contribution in [0, 0.1) is 0 Å². The number of hydrogen-bond donors (Lipinski definition) is 1. The van der Waals surface area contributed by atoms with Gasteiger partial charge < -0.3 is 5.73 Å². The fourth-order valence-electron chi connectivity index (χ4n) is 1.01. The summed E-state index contributed by atoms with van der Waals surface area (Å²) in [6.07, 6.45) is 0.908. The summed E-state index contributed by atoms with van der Waals surface area (Å²) in [6.45, 7) is 2.53. The number of benzene rings is 1. The maximum absolute atomic E-state index is 5.75. The van der Waals surface area contributed by atoms with Gasteiger partial charge in [-0.1, -0.05) is 23.7 Å². The molecule has 3 heteroatoms. The van der Waals surface area contributed by atoms with E-state index in [2.05, 4.69) is 4.99 Å². The Kier molecular flexibility index (Phi) is 3.77. The summed E-state index contributed by atoms with van der Waals surface area (Å²) in [5, 5.41) is 0.766. The van der Waals surface area contributed by atoms with Crippen LogP contribution in [0.4, 0.5) is 0 Å². The Morgan fingerprint density at radius 2 is 2.00 bits per heavy atom. The van der Waals surface area contributed by atoms with Gasteiger partial charge in [0.05, 0.1) is 5.84 Å².